The van der Waals surface area contributed by atoms with Crippen LogP contribution in [0.1, 0.15) is 90.3 Å². The molecule has 20 nitrogen and oxygen atoms in total. The lowest BCUT2D eigenvalue weighted by atomic mass is 9.80. The maximum atomic E-state index is 13.7. The fourth-order valence-corrected chi connectivity index (χ4v) is 13.0. The highest BCUT2D eigenvalue weighted by Crippen LogP contribution is 2.51. The van der Waals surface area contributed by atoms with Crippen molar-refractivity contribution in [3.63, 3.8) is 0 Å². The van der Waals surface area contributed by atoms with Crippen molar-refractivity contribution >= 4 is 39.8 Å². The van der Waals surface area contributed by atoms with Crippen molar-refractivity contribution in [2.45, 2.75) is 107 Å². The number of carbonyl (C=O) groups excluding carboxylic acids is 1. The summed E-state index contributed by atoms with van der Waals surface area (Å²) in [5, 5.41) is 6.03. The van der Waals surface area contributed by atoms with Crippen LogP contribution in [0.25, 0.3) is 11.2 Å². The molecule has 446 valence electrons. The summed E-state index contributed by atoms with van der Waals surface area (Å²) in [5.41, 5.74) is 2.55. The highest BCUT2D eigenvalue weighted by molar-refractivity contribution is 7.41. The van der Waals surface area contributed by atoms with Crippen molar-refractivity contribution in [1.29, 1.82) is 0 Å². The number of amides is 1. The van der Waals surface area contributed by atoms with Crippen LogP contribution in [-0.2, 0) is 37.8 Å². The van der Waals surface area contributed by atoms with Crippen LogP contribution in [0.15, 0.2) is 168 Å². The van der Waals surface area contributed by atoms with Gasteiger partial charge in [0.15, 0.2) is 25.3 Å². The molecule has 10 rings (SSSR count). The predicted molar refractivity (Wildman–Crippen MR) is 325 cm³/mol. The van der Waals surface area contributed by atoms with Crippen LogP contribution >= 0.6 is 8.60 Å². The Morgan fingerprint density at radius 3 is 1.94 bits per heavy atom. The maximum Gasteiger partial charge on any atom is 0.333 e. The number of hydrogen-bond acceptors (Lipinski definition) is 16. The van der Waals surface area contributed by atoms with Crippen molar-refractivity contribution in [1.82, 2.24) is 34.4 Å². The Morgan fingerprint density at radius 2 is 1.33 bits per heavy atom. The molecule has 2 fully saturated rings. The molecule has 2 saturated heterocycles. The number of methoxy groups -OCH3 is 2. The first-order valence-corrected chi connectivity index (χ1v) is 32.3. The highest BCUT2D eigenvalue weighted by Gasteiger charge is 2.48. The number of fused-ring (bicyclic) bond motifs is 1. The third-order valence-electron chi connectivity index (χ3n) is 16.0. The number of nitrogens with one attached hydrogen (secondary N) is 3. The van der Waals surface area contributed by atoms with Gasteiger partial charge in [-0.3, -0.25) is 23.7 Å². The van der Waals surface area contributed by atoms with E-state index in [2.05, 4.69) is 59.5 Å². The van der Waals surface area contributed by atoms with Crippen molar-refractivity contribution in [2.75, 3.05) is 46.3 Å². The first-order chi connectivity index (χ1) is 41.0. The van der Waals surface area contributed by atoms with Crippen LogP contribution in [0.5, 0.6) is 11.5 Å². The summed E-state index contributed by atoms with van der Waals surface area (Å²) in [6, 6.07) is 44.1. The van der Waals surface area contributed by atoms with E-state index in [9.17, 15) is 14.4 Å². The number of benzene rings is 5. The summed E-state index contributed by atoms with van der Waals surface area (Å²) in [5.74, 6) is 1.26. The van der Waals surface area contributed by atoms with Gasteiger partial charge in [-0.15, -0.1) is 0 Å². The van der Waals surface area contributed by atoms with E-state index in [1.165, 1.54) is 17.1 Å². The Labute approximate surface area is 496 Å². The Bertz CT molecular complexity index is 3580. The van der Waals surface area contributed by atoms with Crippen molar-refractivity contribution < 1.29 is 46.5 Å². The van der Waals surface area contributed by atoms with E-state index in [0.717, 1.165) is 22.3 Å². The second kappa shape index (κ2) is 26.6. The van der Waals surface area contributed by atoms with Gasteiger partial charge in [-0.2, -0.15) is 0 Å². The van der Waals surface area contributed by atoms with Gasteiger partial charge in [-0.25, -0.2) is 19.7 Å². The zero-order valence-corrected chi connectivity index (χ0v) is 51.1. The number of ether oxygens (including phenoxy) is 5. The number of aromatic amines is 1. The van der Waals surface area contributed by atoms with Crippen LogP contribution in [0.4, 0.5) is 5.82 Å². The largest absolute Gasteiger partial charge is 0.497 e. The molecular formula is C63H73N8O12PSi. The molecule has 8 atom stereocenters. The van der Waals surface area contributed by atoms with Crippen LogP contribution in [0.3, 0.4) is 0 Å². The Kier molecular flexibility index (Phi) is 19.0. The van der Waals surface area contributed by atoms with Crippen LogP contribution < -0.4 is 31.4 Å². The second-order valence-corrected chi connectivity index (χ2v) is 28.4. The number of carbonyl (C=O) groups is 1. The second-order valence-electron chi connectivity index (χ2n) is 22.5. The third-order valence-corrected chi connectivity index (χ3v) is 21.7. The monoisotopic (exact) mass is 1190 g/mol. The van der Waals surface area contributed by atoms with Crippen LogP contribution in [0, 0.1) is 6.92 Å². The minimum Gasteiger partial charge on any atom is -0.497 e. The van der Waals surface area contributed by atoms with E-state index >= 15 is 0 Å². The summed E-state index contributed by atoms with van der Waals surface area (Å²) in [6.07, 6.45) is 0.0992. The van der Waals surface area contributed by atoms with Crippen molar-refractivity contribution in [3.8, 4) is 11.5 Å². The van der Waals surface area contributed by atoms with E-state index in [1.54, 1.807) is 51.7 Å². The Hall–Kier alpha value is -7.27. The summed E-state index contributed by atoms with van der Waals surface area (Å²) in [6.45, 7) is 12.9. The van der Waals surface area contributed by atoms with E-state index in [0.29, 0.717) is 46.8 Å². The molecule has 5 aromatic carbocycles. The average molecular weight is 1190 g/mol. The van der Waals surface area contributed by atoms with E-state index in [1.807, 2.05) is 127 Å². The molecule has 0 aliphatic carbocycles. The van der Waals surface area contributed by atoms with Gasteiger partial charge < -0.3 is 52.3 Å². The first kappa shape index (κ1) is 60.8. The first-order valence-electron chi connectivity index (χ1n) is 28.3. The lowest BCUT2D eigenvalue weighted by Gasteiger charge is -2.39. The standard InChI is InChI=1S/C63H73N8O12PSi/c1-41-36-70(61(74)69-59(41)72)54-33-49(52(79-54)37-77-63(44-23-17-12-18-24-44,45-25-29-47(75-6)30-26-45)46-27-31-48(76-7)32-28-46)81-84(82-51(35-64-5)42-19-13-10-14-20-42)78-38-53-50(83-85(8,9)62(2,3)4)34-55(80-53)71-40-67-56-57(65-39-66-58(56)71)68-60(73)43-21-15-11-16-22-43/h10-32,36,39-40,49-55,64H,33-35,37-38H2,1-9H3,(H,69,72,74)(H,65,66,68,73)/t49-,50-,51+,52+,53+,54+,55+,84?/m0/s1. The number of likely N-dealkylation sites (N-methyl/N-ethyl adjacent to an activating group) is 1. The molecule has 3 N–H and O–H groups in total. The van der Waals surface area contributed by atoms with Gasteiger partial charge in [0.25, 0.3) is 11.5 Å². The van der Waals surface area contributed by atoms with Gasteiger partial charge in [0.1, 0.15) is 54.2 Å². The molecule has 3 aromatic heterocycles. The number of aromatic nitrogens is 6. The maximum absolute atomic E-state index is 13.7. The zero-order valence-electron chi connectivity index (χ0n) is 49.2. The average Bonchev–Trinajstić information content (AvgIpc) is 3.41. The van der Waals surface area contributed by atoms with Crippen LogP contribution in [-0.4, -0.2) is 109 Å². The number of aryl methyl sites for hydroxylation is 1. The summed E-state index contributed by atoms with van der Waals surface area (Å²) in [4.78, 5) is 56.0. The topological polar surface area (TPSA) is 223 Å². The molecular weight excluding hydrogens is 1120 g/mol. The number of H-pyrrole nitrogens is 1. The smallest absolute Gasteiger partial charge is 0.333 e. The van der Waals surface area contributed by atoms with Gasteiger partial charge >= 0.3 is 14.3 Å². The van der Waals surface area contributed by atoms with E-state index < -0.39 is 76.7 Å². The molecule has 1 unspecified atom stereocenters. The molecule has 2 aliphatic heterocycles. The quantitative estimate of drug-likeness (QED) is 0.0291. The van der Waals surface area contributed by atoms with Crippen molar-refractivity contribution in [3.05, 3.63) is 213 Å². The van der Waals surface area contributed by atoms with E-state index in [4.69, 9.17) is 46.7 Å². The number of nitrogens with zero attached hydrogens (tertiary/aromatic N) is 5. The zero-order chi connectivity index (χ0) is 59.9. The molecule has 22 heteroatoms. The summed E-state index contributed by atoms with van der Waals surface area (Å²) >= 11 is 0. The summed E-state index contributed by atoms with van der Waals surface area (Å²) in [7, 11) is 0.298. The molecule has 2 aliphatic rings. The lowest BCUT2D eigenvalue weighted by Crippen LogP contribution is -2.46. The van der Waals surface area contributed by atoms with Gasteiger partial charge in [0.2, 0.25) is 0 Å². The minimum absolute atomic E-state index is 0.0364. The fraction of sp³-hybridized carbons (Fsp3) is 0.365. The summed E-state index contributed by atoms with van der Waals surface area (Å²) < 4.78 is 64.3. The Morgan fingerprint density at radius 1 is 0.753 bits per heavy atom. The highest BCUT2D eigenvalue weighted by atomic mass is 31.2. The molecule has 85 heavy (non-hydrogen) atoms. The van der Waals surface area contributed by atoms with Gasteiger partial charge in [0, 0.05) is 36.7 Å². The van der Waals surface area contributed by atoms with Gasteiger partial charge in [-0.1, -0.05) is 124 Å². The molecule has 1 amide bonds. The van der Waals surface area contributed by atoms with Crippen molar-refractivity contribution in [2.24, 2.45) is 0 Å². The number of imidazole rings is 1. The lowest BCUT2D eigenvalue weighted by molar-refractivity contribution is -0.0944. The number of rotatable bonds is 24. The Balaban J connectivity index is 1.01. The number of hydrogen-bond donors (Lipinski definition) is 3. The fourth-order valence-electron chi connectivity index (χ4n) is 10.3. The predicted octanol–water partition coefficient (Wildman–Crippen LogP) is 10.5. The molecule has 0 saturated carbocycles. The molecule has 8 aromatic rings. The number of anilines is 1. The molecule has 0 bridgehead atoms. The molecule has 0 spiro atoms. The van der Waals surface area contributed by atoms with Gasteiger partial charge in [0.05, 0.1) is 46.0 Å². The van der Waals surface area contributed by atoms with E-state index in [-0.39, 0.29) is 36.4 Å². The molecule has 5 heterocycles. The minimum atomic E-state index is -2.47. The molecule has 0 radical (unpaired) electrons. The third kappa shape index (κ3) is 13.6. The van der Waals surface area contributed by atoms with Gasteiger partial charge in [-0.05, 0) is 90.8 Å². The SMILES string of the molecule is CNC[C@@H](OP(OC[C@H]1O[C@@H](n2cnc3c(NC(=O)c4ccccc4)ncnc32)C[C@@H]1O[Si](C)(C)C(C)(C)C)O[C@H]1C[C@H](n2cc(C)c(=O)[nH]c2=O)O[C@@H]1COC(c1ccccc1)(c1ccc(OC)cc1)c1ccc(OC)cc1)c1ccccc1. The normalized spacial score (nSPS) is 19.9. The van der Waals surface area contributed by atoms with Crippen LogP contribution in [0.2, 0.25) is 18.1 Å².